The fraction of sp³-hybridized carbons (Fsp3) is 0.170. The predicted molar refractivity (Wildman–Crippen MR) is 240 cm³/mol. The summed E-state index contributed by atoms with van der Waals surface area (Å²) < 4.78 is 0. The SMILES string of the molecule is Cc1cc(C)c(B(c2ccc(C=Cc3ccc4c(c3)C(C)(C)c3cc(N(c5ccccc5)c5ccccc5)ccc3-4)cc2)c2c(C)cc(C)cc2C)c(C)c1. The van der Waals surface area contributed by atoms with E-state index >= 15 is 0 Å². The second kappa shape index (κ2) is 14.4. The van der Waals surface area contributed by atoms with Gasteiger partial charge in [0, 0.05) is 22.5 Å². The van der Waals surface area contributed by atoms with Crippen LogP contribution in [0.5, 0.6) is 0 Å². The van der Waals surface area contributed by atoms with Gasteiger partial charge in [-0.3, -0.25) is 0 Å². The highest BCUT2D eigenvalue weighted by atomic mass is 15.1. The zero-order chi connectivity index (χ0) is 38.4. The van der Waals surface area contributed by atoms with Crippen molar-refractivity contribution >= 4 is 52.3 Å². The molecule has 0 atom stereocenters. The van der Waals surface area contributed by atoms with Crippen LogP contribution in [0.15, 0.2) is 146 Å². The highest BCUT2D eigenvalue weighted by molar-refractivity contribution is 6.96. The number of para-hydroxylation sites is 2. The van der Waals surface area contributed by atoms with Crippen molar-refractivity contribution < 1.29 is 0 Å². The molecule has 0 amide bonds. The van der Waals surface area contributed by atoms with Crippen LogP contribution < -0.4 is 21.3 Å². The summed E-state index contributed by atoms with van der Waals surface area (Å²) in [7, 11) is 0. The van der Waals surface area contributed by atoms with Gasteiger partial charge in [-0.1, -0.05) is 185 Å². The Morgan fingerprint density at radius 3 is 1.38 bits per heavy atom. The van der Waals surface area contributed by atoms with E-state index in [1.807, 2.05) is 0 Å². The summed E-state index contributed by atoms with van der Waals surface area (Å²) in [6, 6.07) is 53.9. The van der Waals surface area contributed by atoms with E-state index in [0.29, 0.717) is 0 Å². The number of rotatable bonds is 8. The van der Waals surface area contributed by atoms with Gasteiger partial charge in [0.2, 0.25) is 6.71 Å². The number of benzene rings is 7. The molecule has 0 aromatic heterocycles. The summed E-state index contributed by atoms with van der Waals surface area (Å²) in [6.07, 6.45) is 4.53. The first-order chi connectivity index (χ1) is 26.5. The zero-order valence-corrected chi connectivity index (χ0v) is 33.5. The number of anilines is 3. The lowest BCUT2D eigenvalue weighted by Gasteiger charge is -2.28. The molecule has 1 aliphatic rings. The summed E-state index contributed by atoms with van der Waals surface area (Å²) in [6.45, 7) is 18.4. The van der Waals surface area contributed by atoms with Crippen molar-refractivity contribution in [1.82, 2.24) is 0 Å². The van der Waals surface area contributed by atoms with Crippen LogP contribution in [-0.4, -0.2) is 6.71 Å². The number of aryl methyl sites for hydroxylation is 6. The third-order valence-corrected chi connectivity index (χ3v) is 11.8. The lowest BCUT2D eigenvalue weighted by Crippen LogP contribution is -2.55. The first kappa shape index (κ1) is 36.1. The van der Waals surface area contributed by atoms with Crippen molar-refractivity contribution in [3.63, 3.8) is 0 Å². The zero-order valence-electron chi connectivity index (χ0n) is 33.5. The van der Waals surface area contributed by atoms with Gasteiger partial charge in [0.05, 0.1) is 0 Å². The minimum absolute atomic E-state index is 0.140. The molecule has 0 fully saturated rings. The van der Waals surface area contributed by atoms with E-state index in [9.17, 15) is 0 Å². The Kier molecular flexibility index (Phi) is 9.47. The van der Waals surface area contributed by atoms with E-state index in [1.165, 1.54) is 88.8 Å². The maximum absolute atomic E-state index is 2.40. The third kappa shape index (κ3) is 6.76. The largest absolute Gasteiger partial charge is 0.310 e. The van der Waals surface area contributed by atoms with E-state index in [-0.39, 0.29) is 12.1 Å². The molecule has 8 rings (SSSR count). The molecule has 0 heterocycles. The van der Waals surface area contributed by atoms with Gasteiger partial charge in [-0.25, -0.2) is 0 Å². The molecule has 2 heteroatoms. The average Bonchev–Trinajstić information content (AvgIpc) is 3.39. The van der Waals surface area contributed by atoms with Crippen LogP contribution in [-0.2, 0) is 5.41 Å². The minimum atomic E-state index is -0.140. The Hall–Kier alpha value is -5.86. The van der Waals surface area contributed by atoms with Gasteiger partial charge in [0.15, 0.2) is 0 Å². The molecular weight excluding hydrogens is 661 g/mol. The number of nitrogens with zero attached hydrogens (tertiary/aromatic N) is 1. The minimum Gasteiger partial charge on any atom is -0.310 e. The topological polar surface area (TPSA) is 3.24 Å². The quantitative estimate of drug-likeness (QED) is 0.112. The van der Waals surface area contributed by atoms with Crippen molar-refractivity contribution in [2.45, 2.75) is 60.8 Å². The first-order valence-corrected chi connectivity index (χ1v) is 19.6. The molecule has 1 aliphatic carbocycles. The summed E-state index contributed by atoms with van der Waals surface area (Å²) >= 11 is 0. The maximum Gasteiger partial charge on any atom is 0.242 e. The molecule has 0 N–H and O–H groups in total. The Balaban J connectivity index is 1.10. The Labute approximate surface area is 329 Å². The van der Waals surface area contributed by atoms with Crippen molar-refractivity contribution in [3.8, 4) is 11.1 Å². The smallest absolute Gasteiger partial charge is 0.242 e. The Bertz CT molecular complexity index is 2420. The van der Waals surface area contributed by atoms with Crippen molar-refractivity contribution in [1.29, 1.82) is 0 Å². The van der Waals surface area contributed by atoms with Gasteiger partial charge in [0.25, 0.3) is 0 Å². The molecule has 270 valence electrons. The second-order valence-corrected chi connectivity index (χ2v) is 16.2. The molecular formula is C53H50BN. The van der Waals surface area contributed by atoms with Crippen molar-refractivity contribution in [2.24, 2.45) is 0 Å². The van der Waals surface area contributed by atoms with Gasteiger partial charge in [-0.15, -0.1) is 0 Å². The van der Waals surface area contributed by atoms with Crippen LogP contribution in [0, 0.1) is 41.5 Å². The highest BCUT2D eigenvalue weighted by Gasteiger charge is 2.36. The molecule has 0 spiro atoms. The number of fused-ring (bicyclic) bond motifs is 3. The lowest BCUT2D eigenvalue weighted by atomic mass is 9.34. The molecule has 55 heavy (non-hydrogen) atoms. The number of hydrogen-bond acceptors (Lipinski definition) is 1. The van der Waals surface area contributed by atoms with Crippen LogP contribution in [0.2, 0.25) is 0 Å². The average molecular weight is 712 g/mol. The number of hydrogen-bond donors (Lipinski definition) is 0. The van der Waals surface area contributed by atoms with Gasteiger partial charge < -0.3 is 4.90 Å². The van der Waals surface area contributed by atoms with Crippen LogP contribution in [0.1, 0.15) is 69.5 Å². The normalized spacial score (nSPS) is 12.8. The van der Waals surface area contributed by atoms with Crippen molar-refractivity contribution in [2.75, 3.05) is 4.90 Å². The third-order valence-electron chi connectivity index (χ3n) is 11.8. The summed E-state index contributed by atoms with van der Waals surface area (Å²) in [5.41, 5.74) is 23.4. The van der Waals surface area contributed by atoms with E-state index < -0.39 is 0 Å². The molecule has 7 aromatic rings. The molecule has 1 nitrogen and oxygen atoms in total. The second-order valence-electron chi connectivity index (χ2n) is 16.2. The van der Waals surface area contributed by atoms with E-state index in [0.717, 1.165) is 11.4 Å². The van der Waals surface area contributed by atoms with Gasteiger partial charge in [0.1, 0.15) is 0 Å². The molecule has 0 unspecified atom stereocenters. The van der Waals surface area contributed by atoms with Crippen molar-refractivity contribution in [3.05, 3.63) is 201 Å². The van der Waals surface area contributed by atoms with Gasteiger partial charge >= 0.3 is 0 Å². The van der Waals surface area contributed by atoms with Gasteiger partial charge in [-0.05, 0) is 111 Å². The van der Waals surface area contributed by atoms with Gasteiger partial charge in [-0.2, -0.15) is 0 Å². The Morgan fingerprint density at radius 1 is 0.436 bits per heavy atom. The lowest BCUT2D eigenvalue weighted by molar-refractivity contribution is 0.660. The molecule has 0 saturated carbocycles. The first-order valence-electron chi connectivity index (χ1n) is 19.6. The summed E-state index contributed by atoms with van der Waals surface area (Å²) in [4.78, 5) is 2.35. The molecule has 0 bridgehead atoms. The van der Waals surface area contributed by atoms with Crippen LogP contribution >= 0.6 is 0 Å². The standard InChI is InChI=1S/C53H50BN/c1-35-29-37(3)51(38(4)30-35)54(52-39(5)31-36(2)32-40(52)6)43-24-21-41(22-25-43)19-20-42-23-27-47-48-28-26-46(34-50(48)53(7,8)49(47)33-42)55(44-15-11-9-12-16-44)45-17-13-10-14-18-45/h9-34H,1-8H3. The van der Waals surface area contributed by atoms with E-state index in [1.54, 1.807) is 0 Å². The molecule has 0 saturated heterocycles. The molecule has 0 aliphatic heterocycles. The summed E-state index contributed by atoms with van der Waals surface area (Å²) in [5.74, 6) is 0. The van der Waals surface area contributed by atoms with E-state index in [2.05, 4.69) is 218 Å². The predicted octanol–water partition coefficient (Wildman–Crippen LogP) is 12.0. The van der Waals surface area contributed by atoms with Crippen LogP contribution in [0.3, 0.4) is 0 Å². The monoisotopic (exact) mass is 711 g/mol. The van der Waals surface area contributed by atoms with E-state index in [4.69, 9.17) is 0 Å². The van der Waals surface area contributed by atoms with Crippen LogP contribution in [0.4, 0.5) is 17.1 Å². The maximum atomic E-state index is 2.40. The molecule has 7 aromatic carbocycles. The fourth-order valence-electron chi connectivity index (χ4n) is 9.35. The summed E-state index contributed by atoms with van der Waals surface area (Å²) in [5, 5.41) is 0. The Morgan fingerprint density at radius 2 is 0.873 bits per heavy atom. The molecule has 0 radical (unpaired) electrons. The van der Waals surface area contributed by atoms with Crippen LogP contribution in [0.25, 0.3) is 23.3 Å². The highest BCUT2D eigenvalue weighted by Crippen LogP contribution is 2.51. The fourth-order valence-corrected chi connectivity index (χ4v) is 9.35.